The molecule has 35 heavy (non-hydrogen) atoms. The second-order valence-electron chi connectivity index (χ2n) is 10.1. The largest absolute Gasteiger partial charge is 0.367 e. The molecule has 3 aliphatic carbocycles. The quantitative estimate of drug-likeness (QED) is 0.606. The number of sulfonamides is 2. The number of anilines is 2. The van der Waals surface area contributed by atoms with Crippen LogP contribution in [0.5, 0.6) is 0 Å². The van der Waals surface area contributed by atoms with Crippen molar-refractivity contribution in [2.24, 2.45) is 11.8 Å². The van der Waals surface area contributed by atoms with Crippen LogP contribution in [0.25, 0.3) is 0 Å². The highest BCUT2D eigenvalue weighted by atomic mass is 32.2. The number of hydrogen-bond donors (Lipinski definition) is 1. The van der Waals surface area contributed by atoms with Gasteiger partial charge >= 0.3 is 0 Å². The lowest BCUT2D eigenvalue weighted by Gasteiger charge is -2.52. The van der Waals surface area contributed by atoms with Crippen molar-refractivity contribution in [2.45, 2.75) is 41.5 Å². The number of para-hydroxylation sites is 2. The Hall–Kier alpha value is -2.14. The Balaban J connectivity index is 1.28. The van der Waals surface area contributed by atoms with E-state index in [1.165, 1.54) is 64.0 Å². The normalized spacial score (nSPS) is 25.3. The molecule has 0 amide bonds. The first kappa shape index (κ1) is 24.5. The fraction of sp³-hybridized carbons (Fsp3) is 0.520. The maximum atomic E-state index is 13.1. The third-order valence-electron chi connectivity index (χ3n) is 7.87. The van der Waals surface area contributed by atoms with Gasteiger partial charge in [-0.3, -0.25) is 9.62 Å². The van der Waals surface area contributed by atoms with Gasteiger partial charge in [-0.05, 0) is 73.9 Å². The maximum absolute atomic E-state index is 13.1. The van der Waals surface area contributed by atoms with Gasteiger partial charge in [-0.1, -0.05) is 12.1 Å². The van der Waals surface area contributed by atoms with Crippen molar-refractivity contribution in [3.05, 3.63) is 48.5 Å². The van der Waals surface area contributed by atoms with Crippen LogP contribution in [0.3, 0.4) is 0 Å². The van der Waals surface area contributed by atoms with Crippen LogP contribution in [-0.4, -0.2) is 72.4 Å². The highest BCUT2D eigenvalue weighted by Crippen LogP contribution is 2.47. The first-order chi connectivity index (χ1) is 16.6. The van der Waals surface area contributed by atoms with E-state index in [4.69, 9.17) is 0 Å². The Morgan fingerprint density at radius 1 is 0.829 bits per heavy atom. The molecule has 0 radical (unpaired) electrons. The summed E-state index contributed by atoms with van der Waals surface area (Å²) in [5.74, 6) is 1.85. The minimum atomic E-state index is -3.88. The summed E-state index contributed by atoms with van der Waals surface area (Å²) in [5, 5.41) is 0. The second kappa shape index (κ2) is 9.38. The summed E-state index contributed by atoms with van der Waals surface area (Å²) in [7, 11) is -4.63. The summed E-state index contributed by atoms with van der Waals surface area (Å²) in [5.41, 5.74) is 1.40. The molecule has 1 saturated heterocycles. The van der Waals surface area contributed by atoms with Crippen LogP contribution in [-0.2, 0) is 20.0 Å². The Morgan fingerprint density at radius 2 is 1.46 bits per heavy atom. The highest BCUT2D eigenvalue weighted by Gasteiger charge is 2.42. The zero-order chi connectivity index (χ0) is 24.8. The van der Waals surface area contributed by atoms with Crippen molar-refractivity contribution in [1.29, 1.82) is 0 Å². The number of benzene rings is 2. The van der Waals surface area contributed by atoms with Gasteiger partial charge in [0.05, 0.1) is 21.2 Å². The number of nitrogens with zero attached hydrogens (tertiary/aromatic N) is 3. The predicted molar refractivity (Wildman–Crippen MR) is 138 cm³/mol. The molecule has 0 unspecified atom stereocenters. The van der Waals surface area contributed by atoms with Crippen LogP contribution in [0, 0.1) is 11.8 Å². The maximum Gasteiger partial charge on any atom is 0.261 e. The van der Waals surface area contributed by atoms with E-state index in [1.54, 1.807) is 6.07 Å². The van der Waals surface area contributed by atoms with Crippen LogP contribution in [0.1, 0.15) is 25.7 Å². The van der Waals surface area contributed by atoms with Crippen LogP contribution >= 0.6 is 0 Å². The van der Waals surface area contributed by atoms with Gasteiger partial charge in [0, 0.05) is 46.3 Å². The van der Waals surface area contributed by atoms with E-state index in [2.05, 4.69) is 14.5 Å². The fourth-order valence-electron chi connectivity index (χ4n) is 5.80. The zero-order valence-corrected chi connectivity index (χ0v) is 21.9. The molecule has 3 saturated carbocycles. The summed E-state index contributed by atoms with van der Waals surface area (Å²) in [6, 6.07) is 13.5. The van der Waals surface area contributed by atoms with E-state index in [0.717, 1.165) is 54.0 Å². The number of piperazine rings is 1. The van der Waals surface area contributed by atoms with Crippen molar-refractivity contribution < 1.29 is 16.8 Å². The standard InChI is InChI=1S/C25H34N4O4S2/c1-27(2)35(32,33)22-10-8-21(9-11-22)34(30,31)26-23-5-3-4-6-25(23)29-15-13-28(14-16-29)24-12-7-19-17-20(24)18-19/h3-6,8-11,19-20,24,26H,7,12-18H2,1-2H3/t19?,20?,24-/m1/s1. The molecule has 1 atom stereocenters. The summed E-state index contributed by atoms with van der Waals surface area (Å²) in [4.78, 5) is 4.97. The van der Waals surface area contributed by atoms with Crippen LogP contribution < -0.4 is 9.62 Å². The van der Waals surface area contributed by atoms with Gasteiger partial charge < -0.3 is 4.90 Å². The molecule has 190 valence electrons. The fourth-order valence-corrected chi connectivity index (χ4v) is 7.77. The molecule has 8 nitrogen and oxygen atoms in total. The second-order valence-corrected chi connectivity index (χ2v) is 14.0. The third-order valence-corrected chi connectivity index (χ3v) is 11.1. The lowest BCUT2D eigenvalue weighted by atomic mass is 9.62. The van der Waals surface area contributed by atoms with Crippen LogP contribution in [0.15, 0.2) is 58.3 Å². The monoisotopic (exact) mass is 518 g/mol. The average molecular weight is 519 g/mol. The molecule has 10 heteroatoms. The lowest BCUT2D eigenvalue weighted by molar-refractivity contribution is -0.000348. The molecule has 1 aliphatic heterocycles. The molecule has 2 bridgehead atoms. The van der Waals surface area contributed by atoms with Crippen molar-refractivity contribution in [3.63, 3.8) is 0 Å². The van der Waals surface area contributed by atoms with Crippen molar-refractivity contribution >= 4 is 31.4 Å². The highest BCUT2D eigenvalue weighted by molar-refractivity contribution is 7.92. The first-order valence-electron chi connectivity index (χ1n) is 12.3. The molecule has 6 rings (SSSR count). The molecule has 2 aromatic rings. The van der Waals surface area contributed by atoms with Gasteiger partial charge in [0.1, 0.15) is 0 Å². The number of nitrogens with one attached hydrogen (secondary N) is 1. The molecule has 2 aromatic carbocycles. The Kier molecular flexibility index (Phi) is 6.58. The SMILES string of the molecule is CN(C)S(=O)(=O)c1ccc(S(=O)(=O)Nc2ccccc2N2CCN([C@@H]3CCC4CC3C4)CC2)cc1. The first-order valence-corrected chi connectivity index (χ1v) is 15.2. The van der Waals surface area contributed by atoms with E-state index in [0.29, 0.717) is 5.69 Å². The van der Waals surface area contributed by atoms with Crippen molar-refractivity contribution in [3.8, 4) is 0 Å². The van der Waals surface area contributed by atoms with E-state index in [9.17, 15) is 16.8 Å². The van der Waals surface area contributed by atoms with E-state index >= 15 is 0 Å². The molecule has 1 N–H and O–H groups in total. The molecule has 4 fully saturated rings. The van der Waals surface area contributed by atoms with E-state index in [1.807, 2.05) is 18.2 Å². The van der Waals surface area contributed by atoms with Gasteiger partial charge in [-0.2, -0.15) is 0 Å². The van der Waals surface area contributed by atoms with Crippen molar-refractivity contribution in [2.75, 3.05) is 49.9 Å². The molecular formula is C25H34N4O4S2. The van der Waals surface area contributed by atoms with Gasteiger partial charge in [0.2, 0.25) is 10.0 Å². The van der Waals surface area contributed by atoms with Crippen LogP contribution in [0.2, 0.25) is 0 Å². The Morgan fingerprint density at radius 3 is 2.06 bits per heavy atom. The van der Waals surface area contributed by atoms with E-state index in [-0.39, 0.29) is 9.79 Å². The van der Waals surface area contributed by atoms with E-state index < -0.39 is 20.0 Å². The minimum Gasteiger partial charge on any atom is -0.367 e. The van der Waals surface area contributed by atoms with Gasteiger partial charge in [-0.25, -0.2) is 21.1 Å². The Labute approximate surface area is 209 Å². The number of rotatable bonds is 7. The number of hydrogen-bond acceptors (Lipinski definition) is 6. The average Bonchev–Trinajstić information content (AvgIpc) is 2.84. The molecule has 4 aliphatic rings. The van der Waals surface area contributed by atoms with Crippen molar-refractivity contribution in [1.82, 2.24) is 9.21 Å². The van der Waals surface area contributed by atoms with Crippen LogP contribution in [0.4, 0.5) is 11.4 Å². The summed E-state index contributed by atoms with van der Waals surface area (Å²) in [6.45, 7) is 3.72. The summed E-state index contributed by atoms with van der Waals surface area (Å²) in [6.07, 6.45) is 5.49. The molecule has 1 heterocycles. The molecule has 0 spiro atoms. The smallest absolute Gasteiger partial charge is 0.261 e. The minimum absolute atomic E-state index is 0.0194. The lowest BCUT2D eigenvalue weighted by Crippen LogP contribution is -2.56. The molecule has 0 aromatic heterocycles. The van der Waals surface area contributed by atoms with Gasteiger partial charge in [0.15, 0.2) is 0 Å². The third kappa shape index (κ3) is 4.81. The number of fused-ring (bicyclic) bond motifs is 2. The topological polar surface area (TPSA) is 90.0 Å². The predicted octanol–water partition coefficient (Wildman–Crippen LogP) is 3.05. The molecular weight excluding hydrogens is 484 g/mol. The van der Waals surface area contributed by atoms with Gasteiger partial charge in [0.25, 0.3) is 10.0 Å². The van der Waals surface area contributed by atoms with Gasteiger partial charge in [-0.15, -0.1) is 0 Å². The zero-order valence-electron chi connectivity index (χ0n) is 20.3. The summed E-state index contributed by atoms with van der Waals surface area (Å²) < 4.78 is 54.7. The Bertz CT molecular complexity index is 1260. The summed E-state index contributed by atoms with van der Waals surface area (Å²) >= 11 is 0.